The van der Waals surface area contributed by atoms with Crippen molar-refractivity contribution >= 4 is 33.2 Å². The molecule has 0 bridgehead atoms. The normalized spacial score (nSPS) is 17.8. The summed E-state index contributed by atoms with van der Waals surface area (Å²) < 4.78 is 27.1. The van der Waals surface area contributed by atoms with E-state index in [2.05, 4.69) is 4.72 Å². The summed E-state index contributed by atoms with van der Waals surface area (Å²) in [5, 5.41) is 0.480. The molecule has 1 saturated carbocycles. The molecule has 1 aromatic rings. The first-order valence-electron chi connectivity index (χ1n) is 5.49. The standard InChI is InChI=1S/C11H14Cl2N2O2S/c1-11(2-3-11)15-18(16,17)10-4-7(6-14)8(12)5-9(10)13/h4-5,15H,2-3,6,14H2,1H3. The number of nitrogens with one attached hydrogen (secondary N) is 1. The summed E-state index contributed by atoms with van der Waals surface area (Å²) in [6.45, 7) is 2.02. The summed E-state index contributed by atoms with van der Waals surface area (Å²) in [6.07, 6.45) is 1.67. The lowest BCUT2D eigenvalue weighted by Gasteiger charge is -2.14. The molecular weight excluding hydrogens is 295 g/mol. The highest BCUT2D eigenvalue weighted by Gasteiger charge is 2.41. The minimum absolute atomic E-state index is 0.0298. The Kier molecular flexibility index (Phi) is 3.64. The largest absolute Gasteiger partial charge is 0.326 e. The van der Waals surface area contributed by atoms with Gasteiger partial charge in [0.1, 0.15) is 4.90 Å². The lowest BCUT2D eigenvalue weighted by molar-refractivity contribution is 0.558. The second-order valence-electron chi connectivity index (χ2n) is 4.74. The van der Waals surface area contributed by atoms with Crippen LogP contribution >= 0.6 is 23.2 Å². The van der Waals surface area contributed by atoms with Crippen molar-refractivity contribution in [2.24, 2.45) is 5.73 Å². The number of hydrogen-bond donors (Lipinski definition) is 2. The maximum Gasteiger partial charge on any atom is 0.242 e. The van der Waals surface area contributed by atoms with E-state index in [1.807, 2.05) is 6.92 Å². The lowest BCUT2D eigenvalue weighted by Crippen LogP contribution is -2.34. The van der Waals surface area contributed by atoms with Gasteiger partial charge < -0.3 is 5.73 Å². The van der Waals surface area contributed by atoms with Crippen LogP contribution in [0, 0.1) is 0 Å². The Hall–Kier alpha value is -0.330. The molecule has 0 aromatic heterocycles. The summed E-state index contributed by atoms with van der Waals surface area (Å²) >= 11 is 11.9. The third-order valence-electron chi connectivity index (χ3n) is 2.99. The van der Waals surface area contributed by atoms with Gasteiger partial charge in [0.15, 0.2) is 0 Å². The highest BCUT2D eigenvalue weighted by molar-refractivity contribution is 7.89. The summed E-state index contributed by atoms with van der Waals surface area (Å²) in [5.74, 6) is 0. The van der Waals surface area contributed by atoms with Gasteiger partial charge in [-0.05, 0) is 37.5 Å². The monoisotopic (exact) mass is 308 g/mol. The van der Waals surface area contributed by atoms with E-state index in [1.54, 1.807) is 0 Å². The molecular formula is C11H14Cl2N2O2S. The predicted octanol–water partition coefficient (Wildman–Crippen LogP) is 2.28. The maximum atomic E-state index is 12.2. The quantitative estimate of drug-likeness (QED) is 0.896. The Morgan fingerprint density at radius 3 is 2.44 bits per heavy atom. The van der Waals surface area contributed by atoms with Crippen molar-refractivity contribution in [3.05, 3.63) is 27.7 Å². The Morgan fingerprint density at radius 2 is 1.94 bits per heavy atom. The average molecular weight is 309 g/mol. The van der Waals surface area contributed by atoms with Gasteiger partial charge in [0.25, 0.3) is 0 Å². The first kappa shape index (κ1) is 14.1. The van der Waals surface area contributed by atoms with Crippen LogP contribution in [0.15, 0.2) is 17.0 Å². The lowest BCUT2D eigenvalue weighted by atomic mass is 10.2. The molecule has 0 atom stereocenters. The zero-order valence-electron chi connectivity index (χ0n) is 9.83. The van der Waals surface area contributed by atoms with Crippen molar-refractivity contribution in [1.29, 1.82) is 0 Å². The second-order valence-corrected chi connectivity index (χ2v) is 7.21. The molecule has 2 rings (SSSR count). The average Bonchev–Trinajstić information content (AvgIpc) is 2.94. The first-order chi connectivity index (χ1) is 8.27. The Bertz CT molecular complexity index is 583. The van der Waals surface area contributed by atoms with Gasteiger partial charge in [0, 0.05) is 17.1 Å². The van der Waals surface area contributed by atoms with E-state index in [4.69, 9.17) is 28.9 Å². The number of benzene rings is 1. The van der Waals surface area contributed by atoms with E-state index >= 15 is 0 Å². The third kappa shape index (κ3) is 2.81. The number of sulfonamides is 1. The van der Waals surface area contributed by atoms with Gasteiger partial charge in [0.2, 0.25) is 10.0 Å². The molecule has 1 fully saturated rings. The van der Waals surface area contributed by atoms with E-state index in [1.165, 1.54) is 12.1 Å². The van der Waals surface area contributed by atoms with Crippen LogP contribution in [0.3, 0.4) is 0 Å². The predicted molar refractivity (Wildman–Crippen MR) is 72.3 cm³/mol. The van der Waals surface area contributed by atoms with E-state index in [-0.39, 0.29) is 22.0 Å². The van der Waals surface area contributed by atoms with Crippen molar-refractivity contribution in [3.8, 4) is 0 Å². The zero-order chi connectivity index (χ0) is 13.6. The molecule has 1 aliphatic rings. The Labute approximate surface area is 117 Å². The molecule has 18 heavy (non-hydrogen) atoms. The molecule has 0 unspecified atom stereocenters. The summed E-state index contributed by atoms with van der Waals surface area (Å²) in [7, 11) is -3.63. The van der Waals surface area contributed by atoms with Crippen LogP contribution in [0.4, 0.5) is 0 Å². The fourth-order valence-electron chi connectivity index (χ4n) is 1.60. The van der Waals surface area contributed by atoms with Crippen LogP contribution in [0.2, 0.25) is 10.0 Å². The van der Waals surface area contributed by atoms with Crippen molar-refractivity contribution in [1.82, 2.24) is 4.72 Å². The van der Waals surface area contributed by atoms with E-state index < -0.39 is 10.0 Å². The summed E-state index contributed by atoms with van der Waals surface area (Å²) in [6, 6.07) is 2.84. The topological polar surface area (TPSA) is 72.2 Å². The minimum Gasteiger partial charge on any atom is -0.326 e. The van der Waals surface area contributed by atoms with Crippen LogP contribution in [-0.4, -0.2) is 14.0 Å². The highest BCUT2D eigenvalue weighted by atomic mass is 35.5. The molecule has 100 valence electrons. The molecule has 7 heteroatoms. The molecule has 4 nitrogen and oxygen atoms in total. The fraction of sp³-hybridized carbons (Fsp3) is 0.455. The number of nitrogens with two attached hydrogens (primary N) is 1. The van der Waals surface area contributed by atoms with Gasteiger partial charge in [-0.1, -0.05) is 23.2 Å². The highest BCUT2D eigenvalue weighted by Crippen LogP contribution is 2.37. The molecule has 1 aliphatic carbocycles. The van der Waals surface area contributed by atoms with Crippen molar-refractivity contribution in [2.45, 2.75) is 36.7 Å². The molecule has 0 spiro atoms. The molecule has 0 amide bonds. The molecule has 0 aliphatic heterocycles. The van der Waals surface area contributed by atoms with Crippen molar-refractivity contribution < 1.29 is 8.42 Å². The molecule has 0 radical (unpaired) electrons. The van der Waals surface area contributed by atoms with Gasteiger partial charge in [-0.25, -0.2) is 13.1 Å². The summed E-state index contributed by atoms with van der Waals surface area (Å²) in [4.78, 5) is 0.0298. The van der Waals surface area contributed by atoms with Crippen LogP contribution < -0.4 is 10.5 Å². The van der Waals surface area contributed by atoms with Gasteiger partial charge in [-0.15, -0.1) is 0 Å². The Morgan fingerprint density at radius 1 is 1.33 bits per heavy atom. The SMILES string of the molecule is CC1(NS(=O)(=O)c2cc(CN)c(Cl)cc2Cl)CC1. The third-order valence-corrected chi connectivity index (χ3v) is 5.45. The van der Waals surface area contributed by atoms with Crippen molar-refractivity contribution in [3.63, 3.8) is 0 Å². The van der Waals surface area contributed by atoms with Crippen LogP contribution in [0.1, 0.15) is 25.3 Å². The minimum atomic E-state index is -3.63. The number of hydrogen-bond acceptors (Lipinski definition) is 3. The van der Waals surface area contributed by atoms with Crippen LogP contribution in [-0.2, 0) is 16.6 Å². The van der Waals surface area contributed by atoms with E-state index in [9.17, 15) is 8.42 Å². The van der Waals surface area contributed by atoms with Crippen molar-refractivity contribution in [2.75, 3.05) is 0 Å². The molecule has 3 N–H and O–H groups in total. The summed E-state index contributed by atoms with van der Waals surface area (Å²) in [5.41, 5.74) is 5.72. The number of rotatable bonds is 4. The second kappa shape index (κ2) is 4.65. The fourth-order valence-corrected chi connectivity index (χ4v) is 3.94. The van der Waals surface area contributed by atoms with E-state index in [0.29, 0.717) is 10.6 Å². The Balaban J connectivity index is 2.43. The smallest absolute Gasteiger partial charge is 0.242 e. The zero-order valence-corrected chi connectivity index (χ0v) is 12.2. The number of halogens is 2. The molecule has 0 heterocycles. The van der Waals surface area contributed by atoms with Gasteiger partial charge in [-0.3, -0.25) is 0 Å². The molecule has 0 saturated heterocycles. The molecule has 1 aromatic carbocycles. The van der Waals surface area contributed by atoms with Crippen LogP contribution in [0.25, 0.3) is 0 Å². The van der Waals surface area contributed by atoms with Crippen LogP contribution in [0.5, 0.6) is 0 Å². The first-order valence-corrected chi connectivity index (χ1v) is 7.73. The van der Waals surface area contributed by atoms with E-state index in [0.717, 1.165) is 12.8 Å². The maximum absolute atomic E-state index is 12.2. The van der Waals surface area contributed by atoms with Gasteiger partial charge >= 0.3 is 0 Å². The van der Waals surface area contributed by atoms with Gasteiger partial charge in [0.05, 0.1) is 5.02 Å². The van der Waals surface area contributed by atoms with Gasteiger partial charge in [-0.2, -0.15) is 0 Å².